The number of nitrogens with one attached hydrogen (secondary N) is 1. The molecule has 1 fully saturated rings. The maximum Gasteiger partial charge on any atom is 0.339 e. The Balaban J connectivity index is 1.95. The fourth-order valence-corrected chi connectivity index (χ4v) is 2.99. The number of para-hydroxylation sites is 1. The van der Waals surface area contributed by atoms with E-state index in [1.54, 1.807) is 0 Å². The molecule has 0 saturated heterocycles. The molecule has 1 saturated carbocycles. The molecule has 1 aliphatic rings. The average Bonchev–Trinajstić information content (AvgIpc) is 3.25. The minimum atomic E-state index is -0.934. The van der Waals surface area contributed by atoms with E-state index in [-0.39, 0.29) is 5.56 Å². The highest BCUT2D eigenvalue weighted by molar-refractivity contribution is 6.04. The minimum Gasteiger partial charge on any atom is -0.478 e. The molecule has 0 bridgehead atoms. The number of benzene rings is 1. The molecule has 0 unspecified atom stereocenters. The van der Waals surface area contributed by atoms with Crippen molar-refractivity contribution in [3.05, 3.63) is 36.0 Å². The van der Waals surface area contributed by atoms with Crippen molar-refractivity contribution >= 4 is 22.6 Å². The highest BCUT2D eigenvalue weighted by atomic mass is 16.4. The molecule has 1 aliphatic carbocycles. The minimum absolute atomic E-state index is 0.251. The molecule has 21 heavy (non-hydrogen) atoms. The fourth-order valence-electron chi connectivity index (χ4n) is 2.99. The summed E-state index contributed by atoms with van der Waals surface area (Å²) in [6, 6.07) is 7.67. The van der Waals surface area contributed by atoms with Gasteiger partial charge >= 0.3 is 5.97 Å². The number of carbonyl (C=O) groups is 1. The zero-order valence-electron chi connectivity index (χ0n) is 12.2. The van der Waals surface area contributed by atoms with Crippen molar-refractivity contribution in [3.63, 3.8) is 0 Å². The number of nitrogens with zero attached hydrogens (tertiary/aromatic N) is 1. The Kier molecular flexibility index (Phi) is 3.53. The summed E-state index contributed by atoms with van der Waals surface area (Å²) in [6.07, 6.45) is 6.29. The molecule has 1 heterocycles. The molecule has 0 aliphatic heterocycles. The first-order valence-corrected chi connectivity index (χ1v) is 7.50. The largest absolute Gasteiger partial charge is 0.478 e. The molecular weight excluding hydrogens is 264 g/mol. The second-order valence-electron chi connectivity index (χ2n) is 5.97. The van der Waals surface area contributed by atoms with Crippen molar-refractivity contribution < 1.29 is 9.90 Å². The number of pyridine rings is 1. The van der Waals surface area contributed by atoms with Gasteiger partial charge in [-0.15, -0.1) is 0 Å². The predicted octanol–water partition coefficient (Wildman–Crippen LogP) is 3.93. The van der Waals surface area contributed by atoms with Crippen LogP contribution in [0.25, 0.3) is 10.9 Å². The molecular formula is C17H20N2O2. The van der Waals surface area contributed by atoms with Crippen LogP contribution in [0.3, 0.4) is 0 Å². The predicted molar refractivity (Wildman–Crippen MR) is 83.8 cm³/mol. The van der Waals surface area contributed by atoms with E-state index in [1.165, 1.54) is 31.9 Å². The van der Waals surface area contributed by atoms with Crippen molar-refractivity contribution in [2.45, 2.75) is 32.6 Å². The monoisotopic (exact) mass is 284 g/mol. The highest BCUT2D eigenvalue weighted by Crippen LogP contribution is 2.49. The maximum absolute atomic E-state index is 11.5. The third-order valence-corrected chi connectivity index (χ3v) is 4.38. The average molecular weight is 284 g/mol. The van der Waals surface area contributed by atoms with Crippen LogP contribution >= 0.6 is 0 Å². The SMILES string of the molecule is CCCC1(CNc2c(C(=O)O)cnc3ccccc23)CC1. The molecule has 0 atom stereocenters. The second kappa shape index (κ2) is 5.35. The van der Waals surface area contributed by atoms with Gasteiger partial charge in [-0.05, 0) is 30.7 Å². The van der Waals surface area contributed by atoms with Crippen molar-refractivity contribution in [2.24, 2.45) is 5.41 Å². The van der Waals surface area contributed by atoms with E-state index >= 15 is 0 Å². The van der Waals surface area contributed by atoms with Gasteiger partial charge < -0.3 is 10.4 Å². The van der Waals surface area contributed by atoms with E-state index in [4.69, 9.17) is 0 Å². The third kappa shape index (κ3) is 2.71. The molecule has 2 aromatic rings. The molecule has 4 nitrogen and oxygen atoms in total. The summed E-state index contributed by atoms with van der Waals surface area (Å²) in [5.74, 6) is -0.934. The van der Waals surface area contributed by atoms with Crippen LogP contribution in [0.5, 0.6) is 0 Å². The fraction of sp³-hybridized carbons (Fsp3) is 0.412. The van der Waals surface area contributed by atoms with E-state index in [0.29, 0.717) is 11.1 Å². The van der Waals surface area contributed by atoms with Crippen LogP contribution in [0.2, 0.25) is 0 Å². The number of aromatic nitrogens is 1. The van der Waals surface area contributed by atoms with Gasteiger partial charge in [-0.25, -0.2) is 4.79 Å². The van der Waals surface area contributed by atoms with E-state index in [1.807, 2.05) is 24.3 Å². The Morgan fingerprint density at radius 3 is 2.81 bits per heavy atom. The first-order chi connectivity index (χ1) is 10.2. The van der Waals surface area contributed by atoms with Gasteiger partial charge in [0.15, 0.2) is 0 Å². The lowest BCUT2D eigenvalue weighted by atomic mass is 10.00. The van der Waals surface area contributed by atoms with Gasteiger partial charge in [0, 0.05) is 18.1 Å². The Hall–Kier alpha value is -2.10. The first kappa shape index (κ1) is 13.9. The van der Waals surface area contributed by atoms with Crippen LogP contribution in [0, 0.1) is 5.41 Å². The smallest absolute Gasteiger partial charge is 0.339 e. The second-order valence-corrected chi connectivity index (χ2v) is 5.97. The summed E-state index contributed by atoms with van der Waals surface area (Å²) in [5, 5.41) is 13.7. The number of hydrogen-bond donors (Lipinski definition) is 2. The summed E-state index contributed by atoms with van der Waals surface area (Å²) in [4.78, 5) is 15.7. The van der Waals surface area contributed by atoms with Gasteiger partial charge in [-0.2, -0.15) is 0 Å². The van der Waals surface area contributed by atoms with Crippen LogP contribution in [0.15, 0.2) is 30.5 Å². The number of carboxylic acids is 1. The van der Waals surface area contributed by atoms with E-state index in [9.17, 15) is 9.90 Å². The Morgan fingerprint density at radius 2 is 2.14 bits per heavy atom. The summed E-state index contributed by atoms with van der Waals surface area (Å²) in [6.45, 7) is 3.04. The van der Waals surface area contributed by atoms with Crippen molar-refractivity contribution in [2.75, 3.05) is 11.9 Å². The number of aromatic carboxylic acids is 1. The molecule has 0 amide bonds. The summed E-state index contributed by atoms with van der Waals surface area (Å²) in [5.41, 5.74) is 2.15. The van der Waals surface area contributed by atoms with Crippen LogP contribution in [0.4, 0.5) is 5.69 Å². The Morgan fingerprint density at radius 1 is 1.38 bits per heavy atom. The van der Waals surface area contributed by atoms with Gasteiger partial charge in [0.2, 0.25) is 0 Å². The van der Waals surface area contributed by atoms with Gasteiger partial charge in [-0.1, -0.05) is 31.5 Å². The lowest BCUT2D eigenvalue weighted by Crippen LogP contribution is -2.17. The number of hydrogen-bond acceptors (Lipinski definition) is 3. The molecule has 110 valence electrons. The van der Waals surface area contributed by atoms with Gasteiger partial charge in [0.05, 0.1) is 11.2 Å². The topological polar surface area (TPSA) is 62.2 Å². The van der Waals surface area contributed by atoms with Crippen molar-refractivity contribution in [1.82, 2.24) is 4.98 Å². The van der Waals surface area contributed by atoms with E-state index in [2.05, 4.69) is 17.2 Å². The summed E-state index contributed by atoms with van der Waals surface area (Å²) in [7, 11) is 0. The zero-order chi connectivity index (χ0) is 14.9. The quantitative estimate of drug-likeness (QED) is 0.843. The van der Waals surface area contributed by atoms with E-state index < -0.39 is 5.97 Å². The molecule has 4 heteroatoms. The number of rotatable bonds is 6. The van der Waals surface area contributed by atoms with Crippen molar-refractivity contribution in [1.29, 1.82) is 0 Å². The van der Waals surface area contributed by atoms with Crippen LogP contribution in [-0.4, -0.2) is 22.6 Å². The van der Waals surface area contributed by atoms with Crippen LogP contribution in [-0.2, 0) is 0 Å². The lowest BCUT2D eigenvalue weighted by Gasteiger charge is -2.18. The van der Waals surface area contributed by atoms with Gasteiger partial charge in [0.25, 0.3) is 0 Å². The molecule has 1 aromatic carbocycles. The Bertz CT molecular complexity index is 678. The number of fused-ring (bicyclic) bond motifs is 1. The Labute approximate surface area is 124 Å². The zero-order valence-corrected chi connectivity index (χ0v) is 12.2. The molecule has 1 aromatic heterocycles. The molecule has 2 N–H and O–H groups in total. The molecule has 3 rings (SSSR count). The molecule has 0 spiro atoms. The van der Waals surface area contributed by atoms with Gasteiger partial charge in [0.1, 0.15) is 5.56 Å². The van der Waals surface area contributed by atoms with Gasteiger partial charge in [-0.3, -0.25) is 4.98 Å². The number of anilines is 1. The highest BCUT2D eigenvalue weighted by Gasteiger charge is 2.41. The molecule has 0 radical (unpaired) electrons. The lowest BCUT2D eigenvalue weighted by molar-refractivity contribution is 0.0697. The van der Waals surface area contributed by atoms with E-state index in [0.717, 1.165) is 17.4 Å². The first-order valence-electron chi connectivity index (χ1n) is 7.50. The summed E-state index contributed by atoms with van der Waals surface area (Å²) >= 11 is 0. The third-order valence-electron chi connectivity index (χ3n) is 4.38. The van der Waals surface area contributed by atoms with Crippen LogP contribution < -0.4 is 5.32 Å². The maximum atomic E-state index is 11.5. The summed E-state index contributed by atoms with van der Waals surface area (Å²) < 4.78 is 0. The van der Waals surface area contributed by atoms with Crippen LogP contribution in [0.1, 0.15) is 43.0 Å². The van der Waals surface area contributed by atoms with Crippen molar-refractivity contribution in [3.8, 4) is 0 Å². The standard InChI is InChI=1S/C17H20N2O2/c1-2-7-17(8-9-17)11-19-15-12-5-3-4-6-14(12)18-10-13(15)16(20)21/h3-6,10H,2,7-9,11H2,1H3,(H,18,19)(H,20,21). The number of carboxylic acid groups (broad SMARTS) is 1. The normalized spacial score (nSPS) is 15.9.